The number of benzene rings is 1. The monoisotopic (exact) mass is 379 g/mol. The number of nitro benzene ring substituents is 1. The number of ether oxygens (including phenoxy) is 1. The van der Waals surface area contributed by atoms with Crippen LogP contribution in [-0.4, -0.2) is 60.6 Å². The fraction of sp³-hybridized carbons (Fsp3) is 0.333. The number of aliphatic hydroxyl groups excluding tert-OH is 3. The number of hydrogen-bond acceptors (Lipinski definition) is 9. The molecule has 2 aromatic rings. The molecule has 12 heteroatoms. The van der Waals surface area contributed by atoms with Gasteiger partial charge in [0.2, 0.25) is 0 Å². The predicted octanol–water partition coefficient (Wildman–Crippen LogP) is -0.763. The Kier molecular flexibility index (Phi) is 5.05. The van der Waals surface area contributed by atoms with Crippen molar-refractivity contribution in [3.63, 3.8) is 0 Å². The quantitative estimate of drug-likeness (QED) is 0.329. The molecule has 0 radical (unpaired) electrons. The number of aliphatic hydroxyl groups is 3. The summed E-state index contributed by atoms with van der Waals surface area (Å²) in [7, 11) is 0. The molecular formula is C15H17N5O7. The van der Waals surface area contributed by atoms with E-state index in [9.17, 15) is 25.1 Å². The van der Waals surface area contributed by atoms with E-state index in [-0.39, 0.29) is 22.9 Å². The summed E-state index contributed by atoms with van der Waals surface area (Å²) in [5, 5.41) is 42.3. The zero-order chi connectivity index (χ0) is 19.7. The van der Waals surface area contributed by atoms with E-state index in [1.807, 2.05) is 0 Å². The zero-order valence-electron chi connectivity index (χ0n) is 13.8. The van der Waals surface area contributed by atoms with Crippen LogP contribution in [0.1, 0.15) is 16.7 Å². The minimum Gasteiger partial charge on any atom is -0.394 e. The van der Waals surface area contributed by atoms with Crippen LogP contribution in [0, 0.1) is 10.1 Å². The molecule has 12 nitrogen and oxygen atoms in total. The molecule has 1 aliphatic heterocycles. The standard InChI is InChI=1S/C15H17N5O7/c16-13-10(14(24)18-7-2-1-3-8(4-7)20(25)26)17-6-19(13)15-12(23)11(22)9(5-21)27-15/h1-4,6,9,11-12,15,21-23H,5,16H2,(H,18,24)/t9-,11?,12+,15-/m1/s1. The third-order valence-electron chi connectivity index (χ3n) is 4.15. The maximum absolute atomic E-state index is 12.4. The van der Waals surface area contributed by atoms with Crippen molar-refractivity contribution in [3.8, 4) is 0 Å². The topological polar surface area (TPSA) is 186 Å². The van der Waals surface area contributed by atoms with Crippen LogP contribution >= 0.6 is 0 Å². The van der Waals surface area contributed by atoms with E-state index in [1.165, 1.54) is 24.3 Å². The number of nitrogens with two attached hydrogens (primary N) is 1. The highest BCUT2D eigenvalue weighted by Gasteiger charge is 2.44. The first-order valence-electron chi connectivity index (χ1n) is 7.84. The van der Waals surface area contributed by atoms with Crippen molar-refractivity contribution in [2.75, 3.05) is 17.7 Å². The van der Waals surface area contributed by atoms with Gasteiger partial charge in [-0.15, -0.1) is 0 Å². The number of nitrogens with zero attached hydrogens (tertiary/aromatic N) is 3. The SMILES string of the molecule is Nc1c(C(=O)Nc2cccc([N+](=O)[O-])c2)ncn1[C@@H]1O[C@H](CO)C(O)[C@@H]1O. The van der Waals surface area contributed by atoms with Crippen LogP contribution in [0.5, 0.6) is 0 Å². The first-order valence-corrected chi connectivity index (χ1v) is 7.84. The fourth-order valence-electron chi connectivity index (χ4n) is 2.75. The molecule has 6 N–H and O–H groups in total. The molecule has 0 saturated carbocycles. The van der Waals surface area contributed by atoms with Crippen molar-refractivity contribution in [1.29, 1.82) is 0 Å². The van der Waals surface area contributed by atoms with Crippen molar-refractivity contribution in [3.05, 3.63) is 46.4 Å². The molecule has 4 atom stereocenters. The van der Waals surface area contributed by atoms with Gasteiger partial charge in [0, 0.05) is 17.8 Å². The fourth-order valence-corrected chi connectivity index (χ4v) is 2.75. The Morgan fingerprint density at radius 3 is 2.78 bits per heavy atom. The van der Waals surface area contributed by atoms with Crippen LogP contribution in [0.3, 0.4) is 0 Å². The van der Waals surface area contributed by atoms with Gasteiger partial charge in [-0.3, -0.25) is 19.5 Å². The average Bonchev–Trinajstić information content (AvgIpc) is 3.15. The lowest BCUT2D eigenvalue weighted by Crippen LogP contribution is -2.33. The number of amides is 1. The Bertz CT molecular complexity index is 870. The second-order valence-corrected chi connectivity index (χ2v) is 5.88. The second-order valence-electron chi connectivity index (χ2n) is 5.88. The summed E-state index contributed by atoms with van der Waals surface area (Å²) in [6.45, 7) is -0.510. The Hall–Kier alpha value is -3.06. The van der Waals surface area contributed by atoms with Gasteiger partial charge in [-0.1, -0.05) is 6.07 Å². The number of carbonyl (C=O) groups excluding carboxylic acids is 1. The van der Waals surface area contributed by atoms with Gasteiger partial charge >= 0.3 is 0 Å². The Balaban J connectivity index is 1.80. The number of non-ortho nitro benzene ring substituents is 1. The van der Waals surface area contributed by atoms with E-state index in [2.05, 4.69) is 10.3 Å². The van der Waals surface area contributed by atoms with E-state index in [1.54, 1.807) is 0 Å². The molecule has 0 bridgehead atoms. The highest BCUT2D eigenvalue weighted by molar-refractivity contribution is 6.06. The number of carbonyl (C=O) groups is 1. The largest absolute Gasteiger partial charge is 0.394 e. The molecule has 1 amide bonds. The first kappa shape index (κ1) is 18.7. The van der Waals surface area contributed by atoms with E-state index in [0.717, 1.165) is 10.9 Å². The van der Waals surface area contributed by atoms with E-state index in [4.69, 9.17) is 15.6 Å². The summed E-state index contributed by atoms with van der Waals surface area (Å²) in [5.41, 5.74) is 5.69. The summed E-state index contributed by atoms with van der Waals surface area (Å²) >= 11 is 0. The maximum Gasteiger partial charge on any atom is 0.278 e. The molecule has 0 aliphatic carbocycles. The molecule has 27 heavy (non-hydrogen) atoms. The van der Waals surface area contributed by atoms with Crippen LogP contribution < -0.4 is 11.1 Å². The maximum atomic E-state index is 12.4. The molecule has 144 valence electrons. The molecule has 3 rings (SSSR count). The van der Waals surface area contributed by atoms with Gasteiger partial charge in [0.15, 0.2) is 11.9 Å². The Morgan fingerprint density at radius 1 is 1.41 bits per heavy atom. The van der Waals surface area contributed by atoms with Crippen molar-refractivity contribution >= 4 is 23.1 Å². The van der Waals surface area contributed by atoms with Crippen LogP contribution in [0.4, 0.5) is 17.2 Å². The van der Waals surface area contributed by atoms with E-state index < -0.39 is 42.0 Å². The van der Waals surface area contributed by atoms with Gasteiger partial charge < -0.3 is 31.1 Å². The zero-order valence-corrected chi connectivity index (χ0v) is 13.8. The second kappa shape index (κ2) is 7.28. The average molecular weight is 379 g/mol. The predicted molar refractivity (Wildman–Crippen MR) is 90.7 cm³/mol. The molecule has 1 aliphatic rings. The lowest BCUT2D eigenvalue weighted by atomic mass is 10.1. The molecule has 1 fully saturated rings. The molecule has 1 saturated heterocycles. The normalized spacial score (nSPS) is 24.7. The number of nitrogens with one attached hydrogen (secondary N) is 1. The summed E-state index contributed by atoms with van der Waals surface area (Å²) in [6, 6.07) is 5.33. The number of anilines is 2. The number of rotatable bonds is 5. The molecule has 2 heterocycles. The minimum absolute atomic E-state index is 0.146. The Morgan fingerprint density at radius 2 is 2.15 bits per heavy atom. The van der Waals surface area contributed by atoms with Crippen LogP contribution in [-0.2, 0) is 4.74 Å². The first-order chi connectivity index (χ1) is 12.8. The van der Waals surface area contributed by atoms with Crippen LogP contribution in [0.2, 0.25) is 0 Å². The third kappa shape index (κ3) is 3.46. The lowest BCUT2D eigenvalue weighted by Gasteiger charge is -2.17. The number of nitrogen functional groups attached to an aromatic ring is 1. The van der Waals surface area contributed by atoms with Crippen LogP contribution in [0.25, 0.3) is 0 Å². The molecular weight excluding hydrogens is 362 g/mol. The lowest BCUT2D eigenvalue weighted by molar-refractivity contribution is -0.384. The van der Waals surface area contributed by atoms with Gasteiger partial charge in [0.05, 0.1) is 17.9 Å². The molecule has 1 aromatic heterocycles. The number of imidazole rings is 1. The van der Waals surface area contributed by atoms with Crippen molar-refractivity contribution in [2.45, 2.75) is 24.5 Å². The van der Waals surface area contributed by atoms with Crippen molar-refractivity contribution in [2.24, 2.45) is 0 Å². The summed E-state index contributed by atoms with van der Waals surface area (Å²) < 4.78 is 6.50. The van der Waals surface area contributed by atoms with Gasteiger partial charge in [-0.05, 0) is 6.07 Å². The van der Waals surface area contributed by atoms with Gasteiger partial charge in [0.25, 0.3) is 11.6 Å². The number of nitro groups is 1. The highest BCUT2D eigenvalue weighted by Crippen LogP contribution is 2.32. The van der Waals surface area contributed by atoms with Gasteiger partial charge in [-0.2, -0.15) is 0 Å². The van der Waals surface area contributed by atoms with Gasteiger partial charge in [0.1, 0.15) is 24.1 Å². The van der Waals surface area contributed by atoms with Gasteiger partial charge in [-0.25, -0.2) is 4.98 Å². The highest BCUT2D eigenvalue weighted by atomic mass is 16.6. The third-order valence-corrected chi connectivity index (χ3v) is 4.15. The minimum atomic E-state index is -1.38. The summed E-state index contributed by atoms with van der Waals surface area (Å²) in [6.07, 6.45) is -3.70. The summed E-state index contributed by atoms with van der Waals surface area (Å²) in [4.78, 5) is 26.5. The molecule has 1 aromatic carbocycles. The number of hydrogen-bond donors (Lipinski definition) is 5. The van der Waals surface area contributed by atoms with Crippen LogP contribution in [0.15, 0.2) is 30.6 Å². The van der Waals surface area contributed by atoms with E-state index in [0.29, 0.717) is 0 Å². The smallest absolute Gasteiger partial charge is 0.278 e. The van der Waals surface area contributed by atoms with Crippen molar-refractivity contribution in [1.82, 2.24) is 9.55 Å². The van der Waals surface area contributed by atoms with E-state index >= 15 is 0 Å². The summed E-state index contributed by atoms with van der Waals surface area (Å²) in [5.74, 6) is -0.869. The number of aromatic nitrogens is 2. The molecule has 1 unspecified atom stereocenters. The Labute approximate surface area is 152 Å². The van der Waals surface area contributed by atoms with Crippen molar-refractivity contribution < 1.29 is 29.8 Å². The molecule has 0 spiro atoms.